The van der Waals surface area contributed by atoms with Crippen LogP contribution in [-0.4, -0.2) is 43.2 Å². The molecular formula is C16H18N2O4. The summed E-state index contributed by atoms with van der Waals surface area (Å²) in [5, 5.41) is 8.83. The minimum absolute atomic E-state index is 0.00825. The second kappa shape index (κ2) is 6.85. The molecule has 0 unspecified atom stereocenters. The molecule has 0 fully saturated rings. The molecule has 6 nitrogen and oxygen atoms in total. The number of carboxylic acid groups (broad SMARTS) is 1. The van der Waals surface area contributed by atoms with E-state index in [1.165, 1.54) is 0 Å². The highest BCUT2D eigenvalue weighted by Crippen LogP contribution is 2.35. The smallest absolute Gasteiger partial charge is 0.305 e. The highest BCUT2D eigenvalue weighted by atomic mass is 16.5. The second-order valence-corrected chi connectivity index (χ2v) is 4.85. The third-order valence-electron chi connectivity index (χ3n) is 3.44. The minimum atomic E-state index is -0.881. The highest BCUT2D eigenvalue weighted by molar-refractivity contribution is 5.98. The van der Waals surface area contributed by atoms with Crippen LogP contribution in [0.25, 0.3) is 0 Å². The summed E-state index contributed by atoms with van der Waals surface area (Å²) in [4.78, 5) is 26.1. The van der Waals surface area contributed by atoms with Crippen LogP contribution < -0.4 is 14.5 Å². The summed E-state index contributed by atoms with van der Waals surface area (Å²) in [5.74, 6) is 2.19. The van der Waals surface area contributed by atoms with Crippen molar-refractivity contribution in [1.29, 1.82) is 0 Å². The van der Waals surface area contributed by atoms with Gasteiger partial charge in [-0.3, -0.25) is 9.59 Å². The molecule has 0 spiro atoms. The summed E-state index contributed by atoms with van der Waals surface area (Å²) < 4.78 is 5.42. The Morgan fingerprint density at radius 3 is 2.95 bits per heavy atom. The van der Waals surface area contributed by atoms with Crippen molar-refractivity contribution in [1.82, 2.24) is 0 Å². The summed E-state index contributed by atoms with van der Waals surface area (Å²) >= 11 is 0. The molecule has 2 rings (SSSR count). The third-order valence-corrected chi connectivity index (χ3v) is 3.44. The van der Waals surface area contributed by atoms with E-state index in [1.54, 1.807) is 15.9 Å². The van der Waals surface area contributed by atoms with Crippen LogP contribution in [0.5, 0.6) is 5.75 Å². The van der Waals surface area contributed by atoms with Crippen molar-refractivity contribution in [2.24, 2.45) is 0 Å². The van der Waals surface area contributed by atoms with Crippen LogP contribution in [0.1, 0.15) is 13.3 Å². The Balaban J connectivity index is 2.31. The van der Waals surface area contributed by atoms with Gasteiger partial charge in [0.2, 0.25) is 0 Å². The number of hydrogen-bond acceptors (Lipinski definition) is 4. The molecule has 0 aromatic heterocycles. The molecule has 1 aliphatic heterocycles. The van der Waals surface area contributed by atoms with Crippen LogP contribution in [-0.2, 0) is 9.59 Å². The van der Waals surface area contributed by atoms with E-state index in [0.29, 0.717) is 31.1 Å². The number of fused-ring (bicyclic) bond motifs is 1. The fraction of sp³-hybridized carbons (Fsp3) is 0.375. The lowest BCUT2D eigenvalue weighted by atomic mass is 10.2. The quantitative estimate of drug-likeness (QED) is 0.803. The molecule has 1 N–H and O–H groups in total. The van der Waals surface area contributed by atoms with E-state index >= 15 is 0 Å². The van der Waals surface area contributed by atoms with Crippen LogP contribution in [0.4, 0.5) is 11.4 Å². The van der Waals surface area contributed by atoms with Gasteiger partial charge in [0.05, 0.1) is 18.7 Å². The molecule has 0 saturated carbocycles. The normalized spacial score (nSPS) is 13.1. The fourth-order valence-corrected chi connectivity index (χ4v) is 2.37. The number of amides is 1. The number of carboxylic acids is 1. The molecule has 0 aliphatic carbocycles. The van der Waals surface area contributed by atoms with Crippen molar-refractivity contribution in [3.63, 3.8) is 0 Å². The van der Waals surface area contributed by atoms with Gasteiger partial charge >= 0.3 is 5.97 Å². The Morgan fingerprint density at radius 2 is 2.32 bits per heavy atom. The van der Waals surface area contributed by atoms with Crippen molar-refractivity contribution < 1.29 is 19.4 Å². The van der Waals surface area contributed by atoms with Crippen LogP contribution >= 0.6 is 0 Å². The zero-order valence-electron chi connectivity index (χ0n) is 12.4. The molecule has 0 radical (unpaired) electrons. The fourth-order valence-electron chi connectivity index (χ4n) is 2.37. The molecule has 1 heterocycles. The molecule has 1 aromatic carbocycles. The number of carbonyl (C=O) groups excluding carboxylic acids is 1. The van der Waals surface area contributed by atoms with Gasteiger partial charge in [-0.2, -0.15) is 0 Å². The first-order valence-electron chi connectivity index (χ1n) is 7.04. The summed E-state index contributed by atoms with van der Waals surface area (Å²) in [6.45, 7) is 3.08. The molecule has 1 aliphatic rings. The van der Waals surface area contributed by atoms with Gasteiger partial charge in [-0.15, -0.1) is 6.42 Å². The number of ether oxygens (including phenoxy) is 1. The maximum atomic E-state index is 11.9. The first-order valence-corrected chi connectivity index (χ1v) is 7.04. The number of benzene rings is 1. The summed E-state index contributed by atoms with van der Waals surface area (Å²) in [6.07, 6.45) is 5.35. The van der Waals surface area contributed by atoms with Crippen molar-refractivity contribution in [2.45, 2.75) is 13.3 Å². The average molecular weight is 302 g/mol. The number of nitrogens with zero attached hydrogens (tertiary/aromatic N) is 2. The van der Waals surface area contributed by atoms with Gasteiger partial charge in [0.15, 0.2) is 6.61 Å². The van der Waals surface area contributed by atoms with Crippen molar-refractivity contribution >= 4 is 23.3 Å². The molecule has 116 valence electrons. The number of terminal acetylenes is 1. The summed E-state index contributed by atoms with van der Waals surface area (Å²) in [7, 11) is 0. The van der Waals surface area contributed by atoms with Gasteiger partial charge in [0.1, 0.15) is 5.75 Å². The first kappa shape index (κ1) is 15.7. The predicted molar refractivity (Wildman–Crippen MR) is 83.3 cm³/mol. The number of likely N-dealkylation sites (N-methyl/N-ethyl adjacent to an activating group) is 1. The molecule has 6 heteroatoms. The number of hydrogen-bond donors (Lipinski definition) is 1. The van der Waals surface area contributed by atoms with Gasteiger partial charge in [0.25, 0.3) is 5.91 Å². The maximum Gasteiger partial charge on any atom is 0.305 e. The summed E-state index contributed by atoms with van der Waals surface area (Å²) in [5.41, 5.74) is 1.46. The Kier molecular flexibility index (Phi) is 4.89. The third kappa shape index (κ3) is 3.31. The first-order chi connectivity index (χ1) is 10.6. The molecule has 1 aromatic rings. The monoisotopic (exact) mass is 302 g/mol. The van der Waals surface area contributed by atoms with E-state index < -0.39 is 5.97 Å². The van der Waals surface area contributed by atoms with E-state index in [-0.39, 0.29) is 18.9 Å². The van der Waals surface area contributed by atoms with Crippen LogP contribution in [0.3, 0.4) is 0 Å². The lowest BCUT2D eigenvalue weighted by Crippen LogP contribution is -2.38. The van der Waals surface area contributed by atoms with E-state index in [4.69, 9.17) is 16.3 Å². The van der Waals surface area contributed by atoms with E-state index in [0.717, 1.165) is 5.69 Å². The predicted octanol–water partition coefficient (Wildman–Crippen LogP) is 1.35. The zero-order valence-corrected chi connectivity index (χ0v) is 12.4. The molecule has 1 amide bonds. The lowest BCUT2D eigenvalue weighted by molar-refractivity contribution is -0.136. The van der Waals surface area contributed by atoms with Crippen molar-refractivity contribution in [2.75, 3.05) is 36.0 Å². The van der Waals surface area contributed by atoms with Gasteiger partial charge in [-0.25, -0.2) is 0 Å². The van der Waals surface area contributed by atoms with Crippen molar-refractivity contribution in [3.05, 3.63) is 18.2 Å². The van der Waals surface area contributed by atoms with Gasteiger partial charge < -0.3 is 19.6 Å². The number of anilines is 2. The highest BCUT2D eigenvalue weighted by Gasteiger charge is 2.25. The van der Waals surface area contributed by atoms with Gasteiger partial charge in [-0.1, -0.05) is 5.92 Å². The number of carbonyl (C=O) groups is 2. The maximum absolute atomic E-state index is 11.9. The Hall–Kier alpha value is -2.68. The Morgan fingerprint density at radius 1 is 1.55 bits per heavy atom. The number of aliphatic carboxylic acids is 1. The zero-order chi connectivity index (χ0) is 16.1. The van der Waals surface area contributed by atoms with Crippen LogP contribution in [0.15, 0.2) is 18.2 Å². The van der Waals surface area contributed by atoms with E-state index in [9.17, 15) is 9.59 Å². The Bertz CT molecular complexity index is 621. The van der Waals surface area contributed by atoms with E-state index in [2.05, 4.69) is 5.92 Å². The molecule has 0 saturated heterocycles. The molecule has 0 bridgehead atoms. The van der Waals surface area contributed by atoms with E-state index in [1.807, 2.05) is 19.1 Å². The SMILES string of the molecule is C#CCN(CCC(=O)O)c1ccc2c(c1)N(CC)C(=O)CO2. The molecule has 0 atom stereocenters. The van der Waals surface area contributed by atoms with Gasteiger partial charge in [0, 0.05) is 18.8 Å². The van der Waals surface area contributed by atoms with Crippen LogP contribution in [0.2, 0.25) is 0 Å². The average Bonchev–Trinajstić information content (AvgIpc) is 2.50. The van der Waals surface area contributed by atoms with Crippen LogP contribution in [0, 0.1) is 12.3 Å². The molecule has 22 heavy (non-hydrogen) atoms. The minimum Gasteiger partial charge on any atom is -0.482 e. The topological polar surface area (TPSA) is 70.1 Å². The van der Waals surface area contributed by atoms with Crippen molar-refractivity contribution in [3.8, 4) is 18.1 Å². The molecular weight excluding hydrogens is 284 g/mol. The van der Waals surface area contributed by atoms with Gasteiger partial charge in [-0.05, 0) is 25.1 Å². The second-order valence-electron chi connectivity index (χ2n) is 4.85. The Labute approximate surface area is 129 Å². The summed E-state index contributed by atoms with van der Waals surface area (Å²) in [6, 6.07) is 5.42. The largest absolute Gasteiger partial charge is 0.482 e. The lowest BCUT2D eigenvalue weighted by Gasteiger charge is -2.30. The standard InChI is InChI=1S/C16H18N2O4/c1-3-8-17(9-7-16(20)21)12-5-6-14-13(10-12)18(4-2)15(19)11-22-14/h1,5-6,10H,4,7-9,11H2,2H3,(H,20,21). The number of rotatable bonds is 6.